The molecule has 0 radical (unpaired) electrons. The lowest BCUT2D eigenvalue weighted by Crippen LogP contribution is -2.49. The minimum Gasteiger partial charge on any atom is -0.481 e. The van der Waals surface area contributed by atoms with Gasteiger partial charge in [0.2, 0.25) is 0 Å². The first-order valence-electron chi connectivity index (χ1n) is 6.90. The standard InChI is InChI=1S/C15H19FN2O3/c1-18(9-11-3-5-12(16)6-4-11)14(21)17-10-15(13(19)20)7-2-8-15/h3-6H,2,7-10H2,1H3,(H,17,21)(H,19,20). The van der Waals surface area contributed by atoms with Gasteiger partial charge in [0, 0.05) is 20.1 Å². The number of nitrogens with zero attached hydrogens (tertiary/aromatic N) is 1. The first-order chi connectivity index (χ1) is 9.93. The van der Waals surface area contributed by atoms with Gasteiger partial charge in [-0.1, -0.05) is 18.6 Å². The molecular formula is C15H19FN2O3. The second-order valence-corrected chi connectivity index (χ2v) is 5.58. The molecule has 6 heteroatoms. The van der Waals surface area contributed by atoms with Crippen LogP contribution in [0.2, 0.25) is 0 Å². The molecule has 0 unspecified atom stereocenters. The first-order valence-corrected chi connectivity index (χ1v) is 6.90. The van der Waals surface area contributed by atoms with E-state index in [1.54, 1.807) is 19.2 Å². The highest BCUT2D eigenvalue weighted by Crippen LogP contribution is 2.40. The molecule has 0 aliphatic heterocycles. The zero-order valence-corrected chi connectivity index (χ0v) is 11.9. The second-order valence-electron chi connectivity index (χ2n) is 5.58. The fourth-order valence-electron chi connectivity index (χ4n) is 2.39. The number of aliphatic carboxylic acids is 1. The van der Waals surface area contributed by atoms with Crippen molar-refractivity contribution >= 4 is 12.0 Å². The van der Waals surface area contributed by atoms with Crippen LogP contribution >= 0.6 is 0 Å². The lowest BCUT2D eigenvalue weighted by Gasteiger charge is -2.37. The molecule has 5 nitrogen and oxygen atoms in total. The molecular weight excluding hydrogens is 275 g/mol. The molecule has 21 heavy (non-hydrogen) atoms. The van der Waals surface area contributed by atoms with Gasteiger partial charge in [0.15, 0.2) is 0 Å². The van der Waals surface area contributed by atoms with E-state index >= 15 is 0 Å². The number of urea groups is 1. The zero-order chi connectivity index (χ0) is 15.5. The fraction of sp³-hybridized carbons (Fsp3) is 0.467. The van der Waals surface area contributed by atoms with Crippen LogP contribution in [-0.4, -0.2) is 35.6 Å². The van der Waals surface area contributed by atoms with E-state index in [0.717, 1.165) is 12.0 Å². The number of benzene rings is 1. The van der Waals surface area contributed by atoms with Crippen molar-refractivity contribution in [2.75, 3.05) is 13.6 Å². The molecule has 1 aliphatic rings. The van der Waals surface area contributed by atoms with Gasteiger partial charge in [0.05, 0.1) is 5.41 Å². The molecule has 1 aliphatic carbocycles. The molecule has 1 aromatic carbocycles. The molecule has 2 rings (SSSR count). The summed E-state index contributed by atoms with van der Waals surface area (Å²) >= 11 is 0. The Hall–Kier alpha value is -2.11. The molecule has 1 aromatic rings. The molecule has 1 fully saturated rings. The van der Waals surface area contributed by atoms with E-state index in [2.05, 4.69) is 5.32 Å². The Bertz CT molecular complexity index is 526. The number of carboxylic acid groups (broad SMARTS) is 1. The molecule has 114 valence electrons. The maximum Gasteiger partial charge on any atom is 0.317 e. The van der Waals surface area contributed by atoms with Crippen LogP contribution in [0.1, 0.15) is 24.8 Å². The van der Waals surface area contributed by atoms with Crippen molar-refractivity contribution in [2.24, 2.45) is 5.41 Å². The van der Waals surface area contributed by atoms with Crippen LogP contribution in [0.15, 0.2) is 24.3 Å². The Kier molecular flexibility index (Phi) is 4.45. The van der Waals surface area contributed by atoms with Crippen molar-refractivity contribution < 1.29 is 19.1 Å². The topological polar surface area (TPSA) is 69.6 Å². The van der Waals surface area contributed by atoms with E-state index in [-0.39, 0.29) is 18.4 Å². The van der Waals surface area contributed by atoms with E-state index in [9.17, 15) is 19.1 Å². The van der Waals surface area contributed by atoms with Gasteiger partial charge in [-0.05, 0) is 30.5 Å². The van der Waals surface area contributed by atoms with Crippen LogP contribution in [0.4, 0.5) is 9.18 Å². The van der Waals surface area contributed by atoms with Gasteiger partial charge >= 0.3 is 12.0 Å². The zero-order valence-electron chi connectivity index (χ0n) is 11.9. The number of halogens is 1. The third-order valence-electron chi connectivity index (χ3n) is 4.02. The van der Waals surface area contributed by atoms with Gasteiger partial charge in [-0.15, -0.1) is 0 Å². The Morgan fingerprint density at radius 2 is 1.95 bits per heavy atom. The molecule has 2 N–H and O–H groups in total. The Morgan fingerprint density at radius 3 is 2.43 bits per heavy atom. The molecule has 0 aromatic heterocycles. The fourth-order valence-corrected chi connectivity index (χ4v) is 2.39. The third kappa shape index (κ3) is 3.51. The highest BCUT2D eigenvalue weighted by Gasteiger charge is 2.44. The quantitative estimate of drug-likeness (QED) is 0.875. The predicted molar refractivity (Wildman–Crippen MR) is 75.2 cm³/mol. The number of carbonyl (C=O) groups is 2. The maximum atomic E-state index is 12.8. The first kappa shape index (κ1) is 15.3. The highest BCUT2D eigenvalue weighted by atomic mass is 19.1. The summed E-state index contributed by atoms with van der Waals surface area (Å²) in [6.45, 7) is 0.487. The third-order valence-corrected chi connectivity index (χ3v) is 4.02. The SMILES string of the molecule is CN(Cc1ccc(F)cc1)C(=O)NCC1(C(=O)O)CCC1. The largest absolute Gasteiger partial charge is 0.481 e. The highest BCUT2D eigenvalue weighted by molar-refractivity contribution is 5.78. The monoisotopic (exact) mass is 294 g/mol. The number of carbonyl (C=O) groups excluding carboxylic acids is 1. The summed E-state index contributed by atoms with van der Waals surface area (Å²) in [6, 6.07) is 5.59. The van der Waals surface area contributed by atoms with Crippen LogP contribution in [0, 0.1) is 11.2 Å². The smallest absolute Gasteiger partial charge is 0.317 e. The van der Waals surface area contributed by atoms with Crippen LogP contribution in [0.25, 0.3) is 0 Å². The molecule has 2 amide bonds. The van der Waals surface area contributed by atoms with Gasteiger partial charge in [-0.25, -0.2) is 9.18 Å². The van der Waals surface area contributed by atoms with Gasteiger partial charge in [0.25, 0.3) is 0 Å². The van der Waals surface area contributed by atoms with Crippen molar-refractivity contribution in [1.29, 1.82) is 0 Å². The average molecular weight is 294 g/mol. The number of amides is 2. The molecule has 1 saturated carbocycles. The van der Waals surface area contributed by atoms with Crippen molar-refractivity contribution in [1.82, 2.24) is 10.2 Å². The average Bonchev–Trinajstić information content (AvgIpc) is 2.39. The summed E-state index contributed by atoms with van der Waals surface area (Å²) in [4.78, 5) is 24.6. The minimum atomic E-state index is -0.852. The van der Waals surface area contributed by atoms with Crippen molar-refractivity contribution in [2.45, 2.75) is 25.8 Å². The number of hydrogen-bond donors (Lipinski definition) is 2. The summed E-state index contributed by atoms with van der Waals surface area (Å²) in [5.41, 5.74) is 0.0115. The molecule has 0 saturated heterocycles. The number of hydrogen-bond acceptors (Lipinski definition) is 2. The Labute approximate surface area is 122 Å². The molecule has 0 spiro atoms. The summed E-state index contributed by atoms with van der Waals surface area (Å²) in [5, 5.41) is 11.9. The lowest BCUT2D eigenvalue weighted by atomic mass is 9.69. The molecule has 0 bridgehead atoms. The van der Waals surface area contributed by atoms with Crippen molar-refractivity contribution in [3.63, 3.8) is 0 Å². The van der Waals surface area contributed by atoms with Crippen LogP contribution in [0.3, 0.4) is 0 Å². The number of carboxylic acids is 1. The van der Waals surface area contributed by atoms with E-state index in [0.29, 0.717) is 19.4 Å². The molecule has 0 atom stereocenters. The number of rotatable bonds is 5. The maximum absolute atomic E-state index is 12.8. The van der Waals surface area contributed by atoms with E-state index < -0.39 is 11.4 Å². The van der Waals surface area contributed by atoms with Crippen LogP contribution < -0.4 is 5.32 Å². The Balaban J connectivity index is 1.85. The van der Waals surface area contributed by atoms with Crippen molar-refractivity contribution in [3.05, 3.63) is 35.6 Å². The van der Waals surface area contributed by atoms with Gasteiger partial charge in [0.1, 0.15) is 5.82 Å². The summed E-state index contributed by atoms with van der Waals surface area (Å²) < 4.78 is 12.8. The van der Waals surface area contributed by atoms with E-state index in [1.165, 1.54) is 17.0 Å². The van der Waals surface area contributed by atoms with Crippen LogP contribution in [-0.2, 0) is 11.3 Å². The summed E-state index contributed by atoms with van der Waals surface area (Å²) in [6.07, 6.45) is 2.09. The molecule has 0 heterocycles. The Morgan fingerprint density at radius 1 is 1.33 bits per heavy atom. The normalized spacial score (nSPS) is 15.9. The minimum absolute atomic E-state index is 0.148. The number of nitrogens with one attached hydrogen (secondary N) is 1. The predicted octanol–water partition coefficient (Wildman–Crippen LogP) is 2.22. The van der Waals surface area contributed by atoms with Gasteiger partial charge < -0.3 is 15.3 Å². The lowest BCUT2D eigenvalue weighted by molar-refractivity contribution is -0.153. The van der Waals surface area contributed by atoms with Gasteiger partial charge in [-0.2, -0.15) is 0 Å². The summed E-state index contributed by atoms with van der Waals surface area (Å²) in [7, 11) is 1.62. The van der Waals surface area contributed by atoms with Crippen molar-refractivity contribution in [3.8, 4) is 0 Å². The van der Waals surface area contributed by atoms with E-state index in [4.69, 9.17) is 0 Å². The van der Waals surface area contributed by atoms with Crippen LogP contribution in [0.5, 0.6) is 0 Å². The second kappa shape index (κ2) is 6.11. The summed E-state index contributed by atoms with van der Waals surface area (Å²) in [5.74, 6) is -1.17. The van der Waals surface area contributed by atoms with Gasteiger partial charge in [-0.3, -0.25) is 4.79 Å². The van der Waals surface area contributed by atoms with E-state index in [1.807, 2.05) is 0 Å².